The Kier molecular flexibility index (Phi) is 9.68. The quantitative estimate of drug-likeness (QED) is 0.334. The Balaban J connectivity index is 0.00000392. The van der Waals surface area contributed by atoms with Crippen LogP contribution in [0.5, 0.6) is 0 Å². The molecule has 0 radical (unpaired) electrons. The van der Waals surface area contributed by atoms with E-state index in [1.165, 1.54) is 0 Å². The van der Waals surface area contributed by atoms with E-state index in [0.717, 1.165) is 37.2 Å². The van der Waals surface area contributed by atoms with Crippen LogP contribution in [0.25, 0.3) is 0 Å². The number of aryl methyl sites for hydroxylation is 1. The lowest BCUT2D eigenvalue weighted by Crippen LogP contribution is -2.50. The van der Waals surface area contributed by atoms with Crippen molar-refractivity contribution < 1.29 is 4.79 Å². The zero-order valence-corrected chi connectivity index (χ0v) is 20.4. The molecular formula is C19H36IN7O. The predicted molar refractivity (Wildman–Crippen MR) is 124 cm³/mol. The molecule has 1 fully saturated rings. The Morgan fingerprint density at radius 1 is 1.29 bits per heavy atom. The second-order valence-corrected chi connectivity index (χ2v) is 7.92. The third-order valence-corrected chi connectivity index (χ3v) is 5.43. The Morgan fingerprint density at radius 3 is 2.39 bits per heavy atom. The Morgan fingerprint density at radius 2 is 1.93 bits per heavy atom. The fraction of sp³-hybridized carbons (Fsp3) is 0.737. The average Bonchev–Trinajstić information content (AvgIpc) is 3.26. The van der Waals surface area contributed by atoms with Crippen LogP contribution in [0.2, 0.25) is 0 Å². The van der Waals surface area contributed by atoms with Crippen LogP contribution in [-0.2, 0) is 11.8 Å². The van der Waals surface area contributed by atoms with E-state index in [1.54, 1.807) is 11.9 Å². The van der Waals surface area contributed by atoms with E-state index < -0.39 is 0 Å². The molecule has 2 rings (SSSR count). The lowest BCUT2D eigenvalue weighted by molar-refractivity contribution is -0.138. The zero-order valence-electron chi connectivity index (χ0n) is 18.0. The SMILES string of the molecule is CN=C(NCC(c1cnn(C)c1)N(C)C)NCC1(C(=O)N(C)C)CCCC1.I. The normalized spacial score (nSPS) is 17.2. The number of aliphatic imine (C=N–C) groups is 1. The number of halogens is 1. The van der Waals surface area contributed by atoms with Crippen molar-refractivity contribution in [3.05, 3.63) is 18.0 Å². The van der Waals surface area contributed by atoms with Gasteiger partial charge in [-0.15, -0.1) is 24.0 Å². The first-order valence-electron chi connectivity index (χ1n) is 9.60. The summed E-state index contributed by atoms with van der Waals surface area (Å²) >= 11 is 0. The molecule has 0 spiro atoms. The first kappa shape index (κ1) is 24.7. The number of likely N-dealkylation sites (N-methyl/N-ethyl adjacent to an activating group) is 1. The lowest BCUT2D eigenvalue weighted by atomic mass is 9.84. The highest BCUT2D eigenvalue weighted by Crippen LogP contribution is 2.38. The number of carbonyl (C=O) groups excluding carboxylic acids is 1. The summed E-state index contributed by atoms with van der Waals surface area (Å²) in [6.07, 6.45) is 8.01. The van der Waals surface area contributed by atoms with Gasteiger partial charge in [0, 0.05) is 53.0 Å². The lowest BCUT2D eigenvalue weighted by Gasteiger charge is -2.32. The Hall–Kier alpha value is -1.36. The maximum absolute atomic E-state index is 12.7. The molecule has 1 unspecified atom stereocenters. The van der Waals surface area contributed by atoms with Crippen molar-refractivity contribution in [1.82, 2.24) is 30.2 Å². The summed E-state index contributed by atoms with van der Waals surface area (Å²) in [5.74, 6) is 0.938. The monoisotopic (exact) mass is 505 g/mol. The van der Waals surface area contributed by atoms with Crippen LogP contribution >= 0.6 is 24.0 Å². The summed E-state index contributed by atoms with van der Waals surface area (Å²) in [5.41, 5.74) is 0.839. The number of nitrogens with zero attached hydrogens (tertiary/aromatic N) is 5. The van der Waals surface area contributed by atoms with E-state index in [-0.39, 0.29) is 41.3 Å². The topological polar surface area (TPSA) is 77.8 Å². The van der Waals surface area contributed by atoms with Crippen molar-refractivity contribution in [3.8, 4) is 0 Å². The molecule has 1 amide bonds. The summed E-state index contributed by atoms with van der Waals surface area (Å²) < 4.78 is 1.82. The van der Waals surface area contributed by atoms with E-state index in [0.29, 0.717) is 13.1 Å². The van der Waals surface area contributed by atoms with Crippen molar-refractivity contribution >= 4 is 35.8 Å². The molecule has 1 atom stereocenters. The fourth-order valence-corrected chi connectivity index (χ4v) is 3.87. The van der Waals surface area contributed by atoms with Gasteiger partial charge in [0.25, 0.3) is 0 Å². The smallest absolute Gasteiger partial charge is 0.230 e. The van der Waals surface area contributed by atoms with Crippen molar-refractivity contribution in [3.63, 3.8) is 0 Å². The van der Waals surface area contributed by atoms with E-state index in [2.05, 4.69) is 39.7 Å². The highest BCUT2D eigenvalue weighted by Gasteiger charge is 2.42. The van der Waals surface area contributed by atoms with Crippen LogP contribution < -0.4 is 10.6 Å². The molecule has 0 bridgehead atoms. The van der Waals surface area contributed by atoms with Crippen LogP contribution in [0.1, 0.15) is 37.3 Å². The van der Waals surface area contributed by atoms with E-state index in [9.17, 15) is 4.79 Å². The third kappa shape index (κ3) is 6.07. The van der Waals surface area contributed by atoms with Gasteiger partial charge >= 0.3 is 0 Å². The summed E-state index contributed by atoms with van der Waals surface area (Å²) in [6.45, 7) is 1.32. The van der Waals surface area contributed by atoms with Gasteiger partial charge in [0.2, 0.25) is 5.91 Å². The highest BCUT2D eigenvalue weighted by atomic mass is 127. The van der Waals surface area contributed by atoms with Gasteiger partial charge in [-0.05, 0) is 26.9 Å². The second kappa shape index (κ2) is 11.0. The first-order chi connectivity index (χ1) is 12.8. The molecule has 0 saturated heterocycles. The number of nitrogens with one attached hydrogen (secondary N) is 2. The summed E-state index contributed by atoms with van der Waals surface area (Å²) in [5, 5.41) is 11.1. The highest BCUT2D eigenvalue weighted by molar-refractivity contribution is 14.0. The molecule has 1 saturated carbocycles. The molecule has 1 heterocycles. The summed E-state index contributed by atoms with van der Waals surface area (Å²) in [6, 6.07) is 0.182. The van der Waals surface area contributed by atoms with E-state index in [1.807, 2.05) is 38.2 Å². The van der Waals surface area contributed by atoms with Crippen molar-refractivity contribution in [2.45, 2.75) is 31.7 Å². The van der Waals surface area contributed by atoms with Gasteiger partial charge < -0.3 is 20.4 Å². The number of hydrogen-bond acceptors (Lipinski definition) is 4. The van der Waals surface area contributed by atoms with Crippen molar-refractivity contribution in [2.75, 3.05) is 48.3 Å². The van der Waals surface area contributed by atoms with Gasteiger partial charge in [-0.2, -0.15) is 5.10 Å². The molecule has 28 heavy (non-hydrogen) atoms. The van der Waals surface area contributed by atoms with Crippen LogP contribution in [0.3, 0.4) is 0 Å². The van der Waals surface area contributed by atoms with Crippen LogP contribution in [-0.4, -0.2) is 79.8 Å². The molecule has 1 aromatic rings. The fourth-order valence-electron chi connectivity index (χ4n) is 3.87. The Bertz CT molecular complexity index is 650. The summed E-state index contributed by atoms with van der Waals surface area (Å²) in [4.78, 5) is 20.9. The van der Waals surface area contributed by atoms with Crippen LogP contribution in [0.4, 0.5) is 0 Å². The number of amides is 1. The minimum atomic E-state index is -0.314. The van der Waals surface area contributed by atoms with Crippen LogP contribution in [0, 0.1) is 5.41 Å². The van der Waals surface area contributed by atoms with Crippen molar-refractivity contribution in [2.24, 2.45) is 17.5 Å². The third-order valence-electron chi connectivity index (χ3n) is 5.43. The maximum Gasteiger partial charge on any atom is 0.230 e. The van der Waals surface area contributed by atoms with Crippen LogP contribution in [0.15, 0.2) is 17.4 Å². The molecular weight excluding hydrogens is 469 g/mol. The standard InChI is InChI=1S/C19H35N7O.HI/c1-20-18(21-12-16(24(2)3)15-11-23-26(6)13-15)22-14-19(9-7-8-10-19)17(27)25(4)5;/h11,13,16H,7-10,12,14H2,1-6H3,(H2,20,21,22);1H. The first-order valence-corrected chi connectivity index (χ1v) is 9.60. The number of aromatic nitrogens is 2. The molecule has 2 N–H and O–H groups in total. The van der Waals surface area contributed by atoms with Crippen molar-refractivity contribution in [1.29, 1.82) is 0 Å². The second-order valence-electron chi connectivity index (χ2n) is 7.92. The number of rotatable bonds is 7. The van der Waals surface area contributed by atoms with Gasteiger partial charge in [-0.25, -0.2) is 0 Å². The van der Waals surface area contributed by atoms with Gasteiger partial charge in [0.05, 0.1) is 17.7 Å². The number of guanidine groups is 1. The van der Waals surface area contributed by atoms with Gasteiger partial charge in [0.15, 0.2) is 5.96 Å². The molecule has 1 aliphatic carbocycles. The average molecular weight is 505 g/mol. The minimum absolute atomic E-state index is 0. The molecule has 8 nitrogen and oxygen atoms in total. The molecule has 0 aromatic carbocycles. The molecule has 1 aromatic heterocycles. The maximum atomic E-state index is 12.7. The van der Waals surface area contributed by atoms with Gasteiger partial charge in [-0.1, -0.05) is 12.8 Å². The molecule has 160 valence electrons. The van der Waals surface area contributed by atoms with E-state index in [4.69, 9.17) is 0 Å². The summed E-state index contributed by atoms with van der Waals surface area (Å²) in [7, 11) is 11.5. The Labute approximate surface area is 186 Å². The molecule has 0 aliphatic heterocycles. The van der Waals surface area contributed by atoms with E-state index >= 15 is 0 Å². The number of carbonyl (C=O) groups is 1. The van der Waals surface area contributed by atoms with Gasteiger partial charge in [-0.3, -0.25) is 14.5 Å². The molecule has 1 aliphatic rings. The largest absolute Gasteiger partial charge is 0.355 e. The zero-order chi connectivity index (χ0) is 20.0. The number of hydrogen-bond donors (Lipinski definition) is 2. The molecule has 9 heteroatoms. The van der Waals surface area contributed by atoms with Gasteiger partial charge in [0.1, 0.15) is 0 Å². The predicted octanol–water partition coefficient (Wildman–Crippen LogP) is 1.45. The minimum Gasteiger partial charge on any atom is -0.355 e.